The predicted molar refractivity (Wildman–Crippen MR) is 67.7 cm³/mol. The summed E-state index contributed by atoms with van der Waals surface area (Å²) in [6.45, 7) is 0. The van der Waals surface area contributed by atoms with Crippen LogP contribution < -0.4 is 9.47 Å². The molecule has 6 heteroatoms. The van der Waals surface area contributed by atoms with Crippen molar-refractivity contribution in [2.45, 2.75) is 24.7 Å². The van der Waals surface area contributed by atoms with E-state index in [1.165, 1.54) is 20.3 Å². The van der Waals surface area contributed by atoms with Crippen molar-refractivity contribution >= 4 is 17.6 Å². The lowest BCUT2D eigenvalue weighted by Gasteiger charge is -2.39. The number of rotatable bonds is 4. The normalized spacial score (nSPS) is 16.6. The molecule has 1 saturated carbocycles. The standard InChI is InChI=1S/C13H14ClFO4/c1-18-8-6-7(14)10(15)9(11(8)19-2)13(12(16)17)4-3-5-13/h6H,3-5H2,1-2H3,(H,16,17). The van der Waals surface area contributed by atoms with E-state index in [0.717, 1.165) is 6.42 Å². The van der Waals surface area contributed by atoms with Crippen LogP contribution in [-0.2, 0) is 10.2 Å². The van der Waals surface area contributed by atoms with Gasteiger partial charge in [0.25, 0.3) is 0 Å². The van der Waals surface area contributed by atoms with Crippen molar-refractivity contribution < 1.29 is 23.8 Å². The second-order valence-electron chi connectivity index (χ2n) is 4.52. The fraction of sp³-hybridized carbons (Fsp3) is 0.462. The first-order valence-electron chi connectivity index (χ1n) is 5.81. The Hall–Kier alpha value is -1.49. The maximum Gasteiger partial charge on any atom is 0.314 e. The zero-order chi connectivity index (χ0) is 14.2. The molecule has 0 heterocycles. The van der Waals surface area contributed by atoms with Crippen LogP contribution in [0.4, 0.5) is 4.39 Å². The number of carboxylic acid groups (broad SMARTS) is 1. The van der Waals surface area contributed by atoms with Crippen LogP contribution in [0.3, 0.4) is 0 Å². The Morgan fingerprint density at radius 2 is 2.05 bits per heavy atom. The van der Waals surface area contributed by atoms with E-state index in [2.05, 4.69) is 0 Å². The fourth-order valence-electron chi connectivity index (χ4n) is 2.47. The summed E-state index contributed by atoms with van der Waals surface area (Å²) in [5, 5.41) is 9.26. The molecule has 1 aromatic carbocycles. The Labute approximate surface area is 115 Å². The summed E-state index contributed by atoms with van der Waals surface area (Å²) in [5.41, 5.74) is -1.29. The second-order valence-corrected chi connectivity index (χ2v) is 4.93. The van der Waals surface area contributed by atoms with Crippen LogP contribution in [0.25, 0.3) is 0 Å². The molecule has 19 heavy (non-hydrogen) atoms. The molecule has 1 fully saturated rings. The number of hydrogen-bond acceptors (Lipinski definition) is 3. The molecule has 1 aliphatic carbocycles. The molecule has 2 rings (SSSR count). The molecule has 0 spiro atoms. The van der Waals surface area contributed by atoms with Gasteiger partial charge in [-0.3, -0.25) is 4.79 Å². The molecule has 0 radical (unpaired) electrons. The number of carbonyl (C=O) groups is 1. The van der Waals surface area contributed by atoms with Gasteiger partial charge in [-0.1, -0.05) is 18.0 Å². The average Bonchev–Trinajstić information content (AvgIpc) is 2.32. The van der Waals surface area contributed by atoms with Gasteiger partial charge in [0.2, 0.25) is 0 Å². The largest absolute Gasteiger partial charge is 0.493 e. The number of hydrogen-bond donors (Lipinski definition) is 1. The van der Waals surface area contributed by atoms with Gasteiger partial charge in [-0.05, 0) is 12.8 Å². The number of carboxylic acids is 1. The third-order valence-corrected chi connectivity index (χ3v) is 3.93. The number of ether oxygens (including phenoxy) is 2. The van der Waals surface area contributed by atoms with E-state index in [-0.39, 0.29) is 22.1 Å². The molecule has 104 valence electrons. The summed E-state index contributed by atoms with van der Waals surface area (Å²) >= 11 is 5.82. The quantitative estimate of drug-likeness (QED) is 0.925. The van der Waals surface area contributed by atoms with Gasteiger partial charge in [0, 0.05) is 6.07 Å². The first kappa shape index (κ1) is 13.9. The molecule has 1 aromatic rings. The molecule has 0 atom stereocenters. The van der Waals surface area contributed by atoms with Crippen LogP contribution in [0.5, 0.6) is 11.5 Å². The van der Waals surface area contributed by atoms with Gasteiger partial charge >= 0.3 is 5.97 Å². The molecule has 1 aliphatic rings. The Bertz CT molecular complexity index is 526. The highest BCUT2D eigenvalue weighted by Crippen LogP contribution is 2.52. The first-order valence-corrected chi connectivity index (χ1v) is 6.19. The third kappa shape index (κ3) is 1.92. The summed E-state index contributed by atoms with van der Waals surface area (Å²) in [6.07, 6.45) is 1.45. The maximum atomic E-state index is 14.3. The van der Waals surface area contributed by atoms with Gasteiger partial charge in [0.15, 0.2) is 11.5 Å². The fourth-order valence-corrected chi connectivity index (χ4v) is 2.66. The van der Waals surface area contributed by atoms with E-state index in [1.54, 1.807) is 0 Å². The lowest BCUT2D eigenvalue weighted by molar-refractivity contribution is -0.147. The third-order valence-electron chi connectivity index (χ3n) is 3.66. The highest BCUT2D eigenvalue weighted by molar-refractivity contribution is 6.31. The Balaban J connectivity index is 2.73. The minimum Gasteiger partial charge on any atom is -0.493 e. The molecule has 4 nitrogen and oxygen atoms in total. The van der Waals surface area contributed by atoms with Gasteiger partial charge in [-0.15, -0.1) is 0 Å². The van der Waals surface area contributed by atoms with Crippen molar-refractivity contribution in [2.75, 3.05) is 14.2 Å². The van der Waals surface area contributed by atoms with Crippen LogP contribution >= 0.6 is 11.6 Å². The summed E-state index contributed by atoms with van der Waals surface area (Å²) < 4.78 is 24.5. The van der Waals surface area contributed by atoms with E-state index in [9.17, 15) is 14.3 Å². The van der Waals surface area contributed by atoms with E-state index in [0.29, 0.717) is 12.8 Å². The molecule has 0 aromatic heterocycles. The second kappa shape index (κ2) is 4.89. The van der Waals surface area contributed by atoms with E-state index in [4.69, 9.17) is 21.1 Å². The number of aliphatic carboxylic acids is 1. The van der Waals surface area contributed by atoms with Crippen molar-refractivity contribution in [2.24, 2.45) is 0 Å². The number of methoxy groups -OCH3 is 2. The smallest absolute Gasteiger partial charge is 0.314 e. The highest BCUT2D eigenvalue weighted by Gasteiger charge is 2.50. The van der Waals surface area contributed by atoms with Crippen LogP contribution in [0.15, 0.2) is 6.07 Å². The molecular formula is C13H14ClFO4. The molecule has 0 bridgehead atoms. The molecule has 0 amide bonds. The summed E-state index contributed by atoms with van der Waals surface area (Å²) in [5.74, 6) is -1.48. The molecule has 0 saturated heterocycles. The van der Waals surface area contributed by atoms with Gasteiger partial charge in [0.05, 0.1) is 30.2 Å². The van der Waals surface area contributed by atoms with Gasteiger partial charge in [-0.25, -0.2) is 4.39 Å². The Kier molecular flexibility index (Phi) is 3.58. The monoisotopic (exact) mass is 288 g/mol. The van der Waals surface area contributed by atoms with Crippen LogP contribution in [0.2, 0.25) is 5.02 Å². The van der Waals surface area contributed by atoms with Crippen molar-refractivity contribution in [3.63, 3.8) is 0 Å². The van der Waals surface area contributed by atoms with E-state index >= 15 is 0 Å². The predicted octanol–water partition coefficient (Wildman–Crippen LogP) is 3.00. The lowest BCUT2D eigenvalue weighted by atomic mass is 9.64. The van der Waals surface area contributed by atoms with Crippen molar-refractivity contribution in [3.05, 3.63) is 22.5 Å². The number of halogens is 2. The van der Waals surface area contributed by atoms with Gasteiger partial charge in [-0.2, -0.15) is 0 Å². The molecule has 0 unspecified atom stereocenters. The van der Waals surface area contributed by atoms with Crippen molar-refractivity contribution in [3.8, 4) is 11.5 Å². The van der Waals surface area contributed by atoms with Crippen LogP contribution in [0, 0.1) is 5.82 Å². The van der Waals surface area contributed by atoms with E-state index in [1.807, 2.05) is 0 Å². The number of benzene rings is 1. The van der Waals surface area contributed by atoms with Crippen LogP contribution in [-0.4, -0.2) is 25.3 Å². The minimum atomic E-state index is -1.27. The van der Waals surface area contributed by atoms with E-state index < -0.39 is 17.2 Å². The summed E-state index contributed by atoms with van der Waals surface area (Å²) in [4.78, 5) is 11.5. The van der Waals surface area contributed by atoms with Crippen LogP contribution in [0.1, 0.15) is 24.8 Å². The summed E-state index contributed by atoms with van der Waals surface area (Å²) in [6, 6.07) is 1.29. The van der Waals surface area contributed by atoms with Crippen molar-refractivity contribution in [1.29, 1.82) is 0 Å². The maximum absolute atomic E-state index is 14.3. The average molecular weight is 289 g/mol. The highest BCUT2D eigenvalue weighted by atomic mass is 35.5. The molecule has 0 aliphatic heterocycles. The molecular weight excluding hydrogens is 275 g/mol. The zero-order valence-electron chi connectivity index (χ0n) is 10.6. The lowest BCUT2D eigenvalue weighted by Crippen LogP contribution is -2.43. The van der Waals surface area contributed by atoms with Gasteiger partial charge in [0.1, 0.15) is 5.82 Å². The van der Waals surface area contributed by atoms with Gasteiger partial charge < -0.3 is 14.6 Å². The first-order chi connectivity index (χ1) is 8.97. The van der Waals surface area contributed by atoms with Crippen molar-refractivity contribution in [1.82, 2.24) is 0 Å². The summed E-state index contributed by atoms with van der Waals surface area (Å²) in [7, 11) is 2.74. The zero-order valence-corrected chi connectivity index (χ0v) is 11.4. The topological polar surface area (TPSA) is 55.8 Å². The minimum absolute atomic E-state index is 0.0156. The SMILES string of the molecule is COc1cc(Cl)c(F)c(C2(C(=O)O)CCC2)c1OC. The molecule has 1 N–H and O–H groups in total. The Morgan fingerprint density at radius 1 is 1.42 bits per heavy atom. The Morgan fingerprint density at radius 3 is 2.42 bits per heavy atom.